The molecule has 0 aromatic rings. The molecule has 74 heavy (non-hydrogen) atoms. The van der Waals surface area contributed by atoms with E-state index in [1.165, 1.54) is 36.0 Å². The van der Waals surface area contributed by atoms with Gasteiger partial charge in [0.25, 0.3) is 0 Å². The van der Waals surface area contributed by atoms with Gasteiger partial charge in [-0.3, -0.25) is 24.0 Å². The lowest BCUT2D eigenvalue weighted by Gasteiger charge is -2.58. The molecule has 0 aliphatic heterocycles. The Bertz CT molecular complexity index is 2290. The van der Waals surface area contributed by atoms with E-state index >= 15 is 0 Å². The van der Waals surface area contributed by atoms with E-state index in [1.54, 1.807) is 21.1 Å². The van der Waals surface area contributed by atoms with Gasteiger partial charge in [-0.2, -0.15) is 0 Å². The number of Topliss-reactive ketones (excluding diaryl/α,β-unsaturated/α-hetero) is 3. The molecule has 12 rings (SSSR count). The second-order valence-corrected chi connectivity index (χ2v) is 27.6. The van der Waals surface area contributed by atoms with Crippen molar-refractivity contribution in [3.8, 4) is 0 Å². The van der Waals surface area contributed by atoms with Gasteiger partial charge in [0.1, 0.15) is 18.2 Å². The third-order valence-corrected chi connectivity index (χ3v) is 25.1. The van der Waals surface area contributed by atoms with Crippen LogP contribution in [0.2, 0.25) is 0 Å². The lowest BCUT2D eigenvalue weighted by atomic mass is 9.46. The zero-order valence-electron chi connectivity index (χ0n) is 46.6. The number of ketones is 5. The second kappa shape index (κ2) is 20.9. The highest BCUT2D eigenvalue weighted by molar-refractivity contribution is 5.92. The van der Waals surface area contributed by atoms with Crippen LogP contribution in [0.3, 0.4) is 0 Å². The molecule has 0 spiro atoms. The fourth-order valence-electron chi connectivity index (χ4n) is 21.8. The van der Waals surface area contributed by atoms with Crippen molar-refractivity contribution < 1.29 is 48.4 Å². The first-order valence-corrected chi connectivity index (χ1v) is 29.9. The highest BCUT2D eigenvalue weighted by Crippen LogP contribution is 2.69. The molecule has 18 atom stereocenters. The summed E-state index contributed by atoms with van der Waals surface area (Å²) in [4.78, 5) is 61.0. The first-order valence-electron chi connectivity index (χ1n) is 29.9. The molecule has 12 aliphatic carbocycles. The number of carbonyl (C=O) groups is 5. The van der Waals surface area contributed by atoms with Crippen LogP contribution in [0.4, 0.5) is 0 Å². The summed E-state index contributed by atoms with van der Waals surface area (Å²) in [5.41, 5.74) is 4.59. The third-order valence-electron chi connectivity index (χ3n) is 25.1. The molecule has 12 aliphatic rings. The van der Waals surface area contributed by atoms with Crippen molar-refractivity contribution in [3.63, 3.8) is 0 Å². The van der Waals surface area contributed by atoms with Gasteiger partial charge in [-0.15, -0.1) is 0 Å². The largest absolute Gasteiger partial charge is 0.393 e. The molecule has 9 fully saturated rings. The molecule has 0 radical (unpaired) electrons. The van der Waals surface area contributed by atoms with Gasteiger partial charge in [-0.25, -0.2) is 0 Å². The van der Waals surface area contributed by atoms with E-state index in [1.807, 2.05) is 19.3 Å². The number of carbonyl (C=O) groups excluding carboxylic acids is 5. The first-order chi connectivity index (χ1) is 35.4. The fraction of sp³-hybridized carbons (Fsp3) is 0.828. The summed E-state index contributed by atoms with van der Waals surface area (Å²) in [7, 11) is 5.40. The second-order valence-electron chi connectivity index (χ2n) is 27.6. The smallest absolute Gasteiger partial charge is 0.161 e. The van der Waals surface area contributed by atoms with Crippen LogP contribution in [0, 0.1) is 97.6 Å². The number of ether oxygens (including phenoxy) is 3. The van der Waals surface area contributed by atoms with E-state index in [9.17, 15) is 34.2 Å². The quantitative estimate of drug-likeness (QED) is 0.213. The van der Waals surface area contributed by atoms with Crippen molar-refractivity contribution >= 4 is 28.9 Å². The minimum Gasteiger partial charge on any atom is -0.393 e. The number of aliphatic hydroxyl groups excluding tert-OH is 2. The Morgan fingerprint density at radius 3 is 1.59 bits per heavy atom. The van der Waals surface area contributed by atoms with Crippen molar-refractivity contribution in [2.45, 2.75) is 188 Å². The van der Waals surface area contributed by atoms with E-state index in [0.717, 1.165) is 142 Å². The van der Waals surface area contributed by atoms with Gasteiger partial charge in [-0.1, -0.05) is 43.6 Å². The van der Waals surface area contributed by atoms with E-state index in [2.05, 4.69) is 26.8 Å². The van der Waals surface area contributed by atoms with Gasteiger partial charge >= 0.3 is 0 Å². The fourth-order valence-corrected chi connectivity index (χ4v) is 21.8. The standard InChI is InChI=1S/C22H32O4.C22H34O3.C20H28O3/c1-21-9-8-18-16(17(21)5-6-19(21)20(25)12-23)4-3-14-11-15(24)7-10-22(14,18)13-26-2;1-14(23)18-6-7-19-17-5-4-15-12-16(24)8-11-22(15,13-25-3)20(17)9-10-21(18,19)2;1-19-9-8-17-15(16(19)5-6-18(19)22)4-3-13-11-14(21)7-10-20(13,17)12-23-2/h11,16-19,23H,3-10,12-13H2,1-2H3;4,16-20,24H,5-13H2,1-3H3;11,15-17H,3-10,12H2,1-2H3/t16-,17-,18-,19+,21-,22+;16-,17-,18+,19-,20-,21+,22+;15-,16-,17-,19-,20+/m000/s1. The Hall–Kier alpha value is -2.63. The molecule has 0 heterocycles. The molecule has 410 valence electrons. The summed E-state index contributed by atoms with van der Waals surface area (Å²) in [5.74, 6) is 7.40. The van der Waals surface area contributed by atoms with E-state index < -0.39 is 0 Å². The van der Waals surface area contributed by atoms with Gasteiger partial charge in [0, 0.05) is 74.1 Å². The zero-order valence-corrected chi connectivity index (χ0v) is 46.6. The van der Waals surface area contributed by atoms with Crippen LogP contribution < -0.4 is 0 Å². The van der Waals surface area contributed by atoms with Gasteiger partial charge in [0.15, 0.2) is 17.3 Å². The molecule has 0 aromatic heterocycles. The lowest BCUT2D eigenvalue weighted by molar-refractivity contribution is -0.135. The number of methoxy groups -OCH3 is 3. The number of fused-ring (bicyclic) bond motifs is 15. The van der Waals surface area contributed by atoms with Crippen LogP contribution in [-0.4, -0.2) is 93.0 Å². The van der Waals surface area contributed by atoms with Gasteiger partial charge in [-0.05, 0) is 218 Å². The number of allylic oxidation sites excluding steroid dienone is 1. The summed E-state index contributed by atoms with van der Waals surface area (Å²) < 4.78 is 17.1. The molecule has 0 aromatic carbocycles. The summed E-state index contributed by atoms with van der Waals surface area (Å²) in [6.45, 7) is 10.7. The van der Waals surface area contributed by atoms with Crippen LogP contribution in [0.1, 0.15) is 182 Å². The van der Waals surface area contributed by atoms with Crippen LogP contribution in [0.15, 0.2) is 34.9 Å². The molecular formula is C64H94O10. The Kier molecular flexibility index (Phi) is 15.4. The number of hydrogen-bond donors (Lipinski definition) is 2. The van der Waals surface area contributed by atoms with Crippen LogP contribution in [0.5, 0.6) is 0 Å². The van der Waals surface area contributed by atoms with Crippen LogP contribution >= 0.6 is 0 Å². The lowest BCUT2D eigenvalue weighted by Crippen LogP contribution is -2.53. The highest BCUT2D eigenvalue weighted by atomic mass is 16.5. The topological polar surface area (TPSA) is 154 Å². The Morgan fingerprint density at radius 2 is 1.04 bits per heavy atom. The molecular weight excluding hydrogens is 929 g/mol. The average molecular weight is 1020 g/mol. The number of hydrogen-bond acceptors (Lipinski definition) is 10. The van der Waals surface area contributed by atoms with Crippen molar-refractivity contribution in [2.75, 3.05) is 47.8 Å². The SMILES string of the molecule is COC[C@]12CCC(=O)C=C1CC[C@@H]1[C@@H]2CC[C@]2(C)C(=O)CC[C@@H]12.COC[C@]12CCC(=O)C=C1CC[C@@H]1[C@@H]2CC[C@]2(C)[C@@H](C(=O)CO)CC[C@@H]12.COC[C@]12CC[C@H](O)CC1=CC[C@@H]1[C@@H]2CC[C@]2(C)[C@@H](C(C)=O)CC[C@@H]12. The van der Waals surface area contributed by atoms with Crippen LogP contribution in [-0.2, 0) is 38.2 Å². The molecule has 0 amide bonds. The summed E-state index contributed by atoms with van der Waals surface area (Å²) in [6.07, 6.45) is 30.5. The van der Waals surface area contributed by atoms with Gasteiger partial charge in [0.2, 0.25) is 0 Å². The maximum atomic E-state index is 12.5. The Labute approximate surface area is 443 Å². The molecule has 0 unspecified atom stereocenters. The normalized spacial score (nSPS) is 46.6. The molecule has 10 heteroatoms. The summed E-state index contributed by atoms with van der Waals surface area (Å²) >= 11 is 0. The van der Waals surface area contributed by atoms with E-state index in [-0.39, 0.29) is 68.6 Å². The predicted octanol–water partition coefficient (Wildman–Crippen LogP) is 11.2. The predicted molar refractivity (Wildman–Crippen MR) is 284 cm³/mol. The maximum Gasteiger partial charge on any atom is 0.161 e. The molecule has 2 N–H and O–H groups in total. The Morgan fingerprint density at radius 1 is 0.541 bits per heavy atom. The monoisotopic (exact) mass is 1020 g/mol. The highest BCUT2D eigenvalue weighted by Gasteiger charge is 2.64. The van der Waals surface area contributed by atoms with Crippen molar-refractivity contribution in [1.82, 2.24) is 0 Å². The zero-order chi connectivity index (χ0) is 52.6. The number of rotatable bonds is 9. The van der Waals surface area contributed by atoms with Crippen molar-refractivity contribution in [3.05, 3.63) is 34.9 Å². The van der Waals surface area contributed by atoms with Gasteiger partial charge in [0.05, 0.1) is 25.9 Å². The Balaban J connectivity index is 0.000000127. The molecule has 10 nitrogen and oxygen atoms in total. The van der Waals surface area contributed by atoms with E-state index in [0.29, 0.717) is 83.5 Å². The van der Waals surface area contributed by atoms with Crippen LogP contribution in [0.25, 0.3) is 0 Å². The van der Waals surface area contributed by atoms with Crippen molar-refractivity contribution in [1.29, 1.82) is 0 Å². The average Bonchev–Trinajstić information content (AvgIpc) is 4.04. The molecule has 9 saturated carbocycles. The maximum absolute atomic E-state index is 12.5. The minimum atomic E-state index is -0.316. The van der Waals surface area contributed by atoms with Crippen molar-refractivity contribution in [2.24, 2.45) is 97.6 Å². The molecule has 0 bridgehead atoms. The first kappa shape index (κ1) is 54.7. The number of aliphatic hydroxyl groups is 2. The summed E-state index contributed by atoms with van der Waals surface area (Å²) in [6, 6.07) is 0. The van der Waals surface area contributed by atoms with E-state index in [4.69, 9.17) is 14.2 Å². The minimum absolute atomic E-state index is 0.0293. The molecule has 0 saturated heterocycles. The summed E-state index contributed by atoms with van der Waals surface area (Å²) in [5, 5.41) is 19.6. The third kappa shape index (κ3) is 8.67. The van der Waals surface area contributed by atoms with Gasteiger partial charge < -0.3 is 24.4 Å².